The lowest BCUT2D eigenvalue weighted by Crippen LogP contribution is -2.48. The fraction of sp³-hybridized carbons (Fsp3) is 0.588. The second kappa shape index (κ2) is 6.05. The molecular weight excluding hydrogens is 306 g/mol. The maximum atomic E-state index is 12.7. The van der Waals surface area contributed by atoms with Crippen molar-refractivity contribution in [2.75, 3.05) is 26.2 Å². The Morgan fingerprint density at radius 3 is 2.75 bits per heavy atom. The van der Waals surface area contributed by atoms with Gasteiger partial charge in [-0.1, -0.05) is 5.16 Å². The summed E-state index contributed by atoms with van der Waals surface area (Å²) >= 11 is 0. The minimum Gasteiger partial charge on any atom is -0.361 e. The summed E-state index contributed by atoms with van der Waals surface area (Å²) in [5, 5.41) is 8.25. The summed E-state index contributed by atoms with van der Waals surface area (Å²) in [6.45, 7) is 6.07. The first-order chi connectivity index (χ1) is 11.6. The largest absolute Gasteiger partial charge is 0.361 e. The highest BCUT2D eigenvalue weighted by Crippen LogP contribution is 2.48. The molecule has 7 heteroatoms. The smallest absolute Gasteiger partial charge is 0.226 e. The van der Waals surface area contributed by atoms with E-state index in [0.29, 0.717) is 11.8 Å². The third-order valence-electron chi connectivity index (χ3n) is 5.01. The van der Waals surface area contributed by atoms with Gasteiger partial charge in [-0.3, -0.25) is 14.4 Å². The topological polar surface area (TPSA) is 67.4 Å². The van der Waals surface area contributed by atoms with Crippen molar-refractivity contribution in [2.24, 2.45) is 13.0 Å². The molecule has 0 spiro atoms. The molecule has 2 atom stereocenters. The third kappa shape index (κ3) is 3.08. The number of carbonyl (C=O) groups excluding carboxylic acids is 1. The molecule has 1 saturated heterocycles. The van der Waals surface area contributed by atoms with E-state index in [1.807, 2.05) is 37.3 Å². The van der Waals surface area contributed by atoms with Crippen molar-refractivity contribution in [1.29, 1.82) is 0 Å². The van der Waals surface area contributed by atoms with Crippen LogP contribution < -0.4 is 0 Å². The van der Waals surface area contributed by atoms with E-state index in [-0.39, 0.29) is 5.92 Å². The molecule has 128 valence electrons. The highest BCUT2D eigenvalue weighted by molar-refractivity contribution is 5.83. The van der Waals surface area contributed by atoms with Crippen LogP contribution in [0.4, 0.5) is 0 Å². The summed E-state index contributed by atoms with van der Waals surface area (Å²) in [5.41, 5.74) is 2.15. The number of amides is 1. The molecule has 24 heavy (non-hydrogen) atoms. The lowest BCUT2D eigenvalue weighted by molar-refractivity contribution is -0.134. The monoisotopic (exact) mass is 329 g/mol. The van der Waals surface area contributed by atoms with Gasteiger partial charge in [0.15, 0.2) is 0 Å². The highest BCUT2D eigenvalue weighted by Gasteiger charge is 2.46. The normalized spacial score (nSPS) is 24.3. The first-order valence-corrected chi connectivity index (χ1v) is 8.52. The molecule has 1 aliphatic heterocycles. The van der Waals surface area contributed by atoms with Crippen molar-refractivity contribution in [2.45, 2.75) is 25.8 Å². The average Bonchev–Trinajstić information content (AvgIpc) is 3.09. The van der Waals surface area contributed by atoms with Gasteiger partial charge in [-0.15, -0.1) is 0 Å². The van der Waals surface area contributed by atoms with Gasteiger partial charge in [0.2, 0.25) is 5.91 Å². The van der Waals surface area contributed by atoms with Crippen molar-refractivity contribution in [3.8, 4) is 0 Å². The zero-order chi connectivity index (χ0) is 16.7. The quantitative estimate of drug-likeness (QED) is 0.842. The molecule has 1 amide bonds. The van der Waals surface area contributed by atoms with Gasteiger partial charge >= 0.3 is 0 Å². The van der Waals surface area contributed by atoms with Crippen LogP contribution in [0, 0.1) is 12.8 Å². The van der Waals surface area contributed by atoms with Crippen LogP contribution in [0.25, 0.3) is 0 Å². The van der Waals surface area contributed by atoms with E-state index in [1.165, 1.54) is 5.56 Å². The summed E-state index contributed by atoms with van der Waals surface area (Å²) in [7, 11) is 1.91. The van der Waals surface area contributed by atoms with Crippen molar-refractivity contribution in [3.05, 3.63) is 35.5 Å². The van der Waals surface area contributed by atoms with E-state index in [9.17, 15) is 4.79 Å². The van der Waals surface area contributed by atoms with Crippen molar-refractivity contribution in [1.82, 2.24) is 24.7 Å². The van der Waals surface area contributed by atoms with Gasteiger partial charge < -0.3 is 9.42 Å². The van der Waals surface area contributed by atoms with Crippen LogP contribution in [0.3, 0.4) is 0 Å². The Kier molecular flexibility index (Phi) is 3.88. The summed E-state index contributed by atoms with van der Waals surface area (Å²) in [4.78, 5) is 17.0. The molecule has 0 aromatic carbocycles. The van der Waals surface area contributed by atoms with E-state index < -0.39 is 0 Å². The molecular formula is C17H23N5O2. The molecule has 7 nitrogen and oxygen atoms in total. The summed E-state index contributed by atoms with van der Waals surface area (Å²) < 4.78 is 6.92. The van der Waals surface area contributed by atoms with Gasteiger partial charge in [0, 0.05) is 58.0 Å². The first-order valence-electron chi connectivity index (χ1n) is 8.52. The lowest BCUT2D eigenvalue weighted by Gasteiger charge is -2.34. The Morgan fingerprint density at radius 1 is 1.33 bits per heavy atom. The number of nitrogens with zero attached hydrogens (tertiary/aromatic N) is 5. The Bertz CT molecular complexity index is 729. The second-order valence-electron chi connectivity index (χ2n) is 6.93. The van der Waals surface area contributed by atoms with Crippen LogP contribution in [-0.4, -0.2) is 56.8 Å². The van der Waals surface area contributed by atoms with Gasteiger partial charge in [-0.2, -0.15) is 5.10 Å². The molecule has 1 saturated carbocycles. The van der Waals surface area contributed by atoms with Crippen molar-refractivity contribution in [3.63, 3.8) is 0 Å². The summed E-state index contributed by atoms with van der Waals surface area (Å²) in [6, 6.07) is 1.97. The third-order valence-corrected chi connectivity index (χ3v) is 5.01. The van der Waals surface area contributed by atoms with E-state index >= 15 is 0 Å². The van der Waals surface area contributed by atoms with Crippen LogP contribution in [0.2, 0.25) is 0 Å². The van der Waals surface area contributed by atoms with Gasteiger partial charge in [0.1, 0.15) is 5.76 Å². The average molecular weight is 329 g/mol. The minimum atomic E-state index is 0.152. The van der Waals surface area contributed by atoms with Crippen LogP contribution in [0.5, 0.6) is 0 Å². The van der Waals surface area contributed by atoms with Gasteiger partial charge in [0.05, 0.1) is 11.9 Å². The fourth-order valence-electron chi connectivity index (χ4n) is 3.55. The standard InChI is InChI=1S/C17H23N5O2/c1-12-7-14(19-24-12)11-21-3-5-22(6-4-21)17(23)16-8-15(16)13-9-18-20(2)10-13/h7,9-10,15-16H,3-6,8,11H2,1-2H3/t15-,16-/m0/s1. The lowest BCUT2D eigenvalue weighted by atomic mass is 10.1. The SMILES string of the molecule is Cc1cc(CN2CCN(C(=O)[C@H]3C[C@H]3c3cnn(C)c3)CC2)no1. The molecule has 2 aliphatic rings. The summed E-state index contributed by atoms with van der Waals surface area (Å²) in [5.74, 6) is 1.66. The number of carbonyl (C=O) groups is 1. The van der Waals surface area contributed by atoms with Crippen LogP contribution in [0.1, 0.15) is 29.4 Å². The molecule has 2 aromatic rings. The fourth-order valence-corrected chi connectivity index (χ4v) is 3.55. The number of hydrogen-bond donors (Lipinski definition) is 0. The van der Waals surface area contributed by atoms with Crippen molar-refractivity contribution < 1.29 is 9.32 Å². The first kappa shape index (κ1) is 15.4. The van der Waals surface area contributed by atoms with Crippen molar-refractivity contribution >= 4 is 5.91 Å². The molecule has 0 N–H and O–H groups in total. The predicted molar refractivity (Wildman–Crippen MR) is 87.2 cm³/mol. The van der Waals surface area contributed by atoms with Gasteiger partial charge in [-0.25, -0.2) is 0 Å². The van der Waals surface area contributed by atoms with E-state index in [4.69, 9.17) is 4.52 Å². The molecule has 0 radical (unpaired) electrons. The Balaban J connectivity index is 1.28. The number of piperazine rings is 1. The summed E-state index contributed by atoms with van der Waals surface area (Å²) in [6.07, 6.45) is 4.87. The molecule has 2 aromatic heterocycles. The van der Waals surface area contributed by atoms with E-state index in [0.717, 1.165) is 50.6 Å². The minimum absolute atomic E-state index is 0.152. The van der Waals surface area contributed by atoms with E-state index in [2.05, 4.69) is 15.2 Å². The Hall–Kier alpha value is -2.15. The van der Waals surface area contributed by atoms with Crippen LogP contribution in [-0.2, 0) is 18.4 Å². The van der Waals surface area contributed by atoms with E-state index in [1.54, 1.807) is 4.68 Å². The second-order valence-corrected chi connectivity index (χ2v) is 6.93. The Labute approximate surface area is 141 Å². The number of hydrogen-bond acceptors (Lipinski definition) is 5. The maximum Gasteiger partial charge on any atom is 0.226 e. The molecule has 4 rings (SSSR count). The van der Waals surface area contributed by atoms with Gasteiger partial charge in [-0.05, 0) is 24.8 Å². The number of aromatic nitrogens is 3. The van der Waals surface area contributed by atoms with Crippen LogP contribution in [0.15, 0.2) is 23.0 Å². The number of aryl methyl sites for hydroxylation is 2. The zero-order valence-corrected chi connectivity index (χ0v) is 14.2. The molecule has 0 unspecified atom stereocenters. The highest BCUT2D eigenvalue weighted by atomic mass is 16.5. The number of rotatable bonds is 4. The molecule has 2 fully saturated rings. The molecule has 0 bridgehead atoms. The molecule has 1 aliphatic carbocycles. The molecule has 3 heterocycles. The van der Waals surface area contributed by atoms with Crippen LogP contribution >= 0.6 is 0 Å². The van der Waals surface area contributed by atoms with Gasteiger partial charge in [0.25, 0.3) is 0 Å². The maximum absolute atomic E-state index is 12.7. The Morgan fingerprint density at radius 2 is 2.12 bits per heavy atom. The predicted octanol–water partition coefficient (Wildman–Crippen LogP) is 1.16. The zero-order valence-electron chi connectivity index (χ0n) is 14.2.